The van der Waals surface area contributed by atoms with E-state index in [-0.39, 0.29) is 5.56 Å². The lowest BCUT2D eigenvalue weighted by atomic mass is 10.0. The van der Waals surface area contributed by atoms with Crippen molar-refractivity contribution in [1.82, 2.24) is 24.9 Å². The van der Waals surface area contributed by atoms with Crippen molar-refractivity contribution in [3.05, 3.63) is 57.6 Å². The zero-order valence-corrected chi connectivity index (χ0v) is 15.0. The summed E-state index contributed by atoms with van der Waals surface area (Å²) >= 11 is 0. The van der Waals surface area contributed by atoms with Gasteiger partial charge in [-0.15, -0.1) is 5.10 Å². The van der Waals surface area contributed by atoms with Crippen LogP contribution in [0.5, 0.6) is 0 Å². The Morgan fingerprint density at radius 3 is 2.81 bits per heavy atom. The lowest BCUT2D eigenvalue weighted by molar-refractivity contribution is 0.171. The molecule has 3 aromatic rings. The molecular weight excluding hydrogens is 328 g/mol. The van der Waals surface area contributed by atoms with Crippen molar-refractivity contribution in [3.8, 4) is 0 Å². The number of hydrogen-bond donors (Lipinski definition) is 2. The van der Waals surface area contributed by atoms with Crippen LogP contribution in [0, 0.1) is 6.92 Å². The Morgan fingerprint density at radius 1 is 1.27 bits per heavy atom. The molecule has 0 unspecified atom stereocenters. The first-order valence-corrected chi connectivity index (χ1v) is 9.08. The number of hydrogen-bond acceptors (Lipinski definition) is 5. The molecule has 1 saturated heterocycles. The van der Waals surface area contributed by atoms with Crippen molar-refractivity contribution >= 4 is 10.9 Å². The molecule has 26 heavy (non-hydrogen) atoms. The third kappa shape index (κ3) is 3.40. The minimum Gasteiger partial charge on any atom is -0.325 e. The number of aryl methyl sites for hydroxylation is 1. The molecule has 0 aliphatic carbocycles. The van der Waals surface area contributed by atoms with Gasteiger partial charge < -0.3 is 10.7 Å². The fourth-order valence-electron chi connectivity index (χ4n) is 3.65. The summed E-state index contributed by atoms with van der Waals surface area (Å²) in [5.41, 5.74) is 9.31. The SMILES string of the molecule is Cc1ccc2cc(CN3CCC(n4cc(CN)nn4)CC3)c(=O)[nH]c2c1. The molecule has 7 nitrogen and oxygen atoms in total. The first kappa shape index (κ1) is 16.9. The third-order valence-electron chi connectivity index (χ3n) is 5.17. The van der Waals surface area contributed by atoms with Crippen molar-refractivity contribution in [2.45, 2.75) is 38.9 Å². The van der Waals surface area contributed by atoms with E-state index < -0.39 is 0 Å². The lowest BCUT2D eigenvalue weighted by Crippen LogP contribution is -2.35. The zero-order chi connectivity index (χ0) is 18.1. The minimum atomic E-state index is 0.00841. The molecule has 3 heterocycles. The van der Waals surface area contributed by atoms with E-state index in [9.17, 15) is 4.79 Å². The number of benzene rings is 1. The van der Waals surface area contributed by atoms with E-state index in [1.807, 2.05) is 29.9 Å². The van der Waals surface area contributed by atoms with Crippen LogP contribution in [0.2, 0.25) is 0 Å². The van der Waals surface area contributed by atoms with Gasteiger partial charge in [0, 0.05) is 37.3 Å². The van der Waals surface area contributed by atoms with Gasteiger partial charge in [0.15, 0.2) is 0 Å². The van der Waals surface area contributed by atoms with Crippen molar-refractivity contribution < 1.29 is 0 Å². The molecule has 4 rings (SSSR count). The lowest BCUT2D eigenvalue weighted by Gasteiger charge is -2.31. The molecule has 0 amide bonds. The van der Waals surface area contributed by atoms with Crippen LogP contribution < -0.4 is 11.3 Å². The van der Waals surface area contributed by atoms with E-state index in [0.717, 1.165) is 53.7 Å². The van der Waals surface area contributed by atoms with Crippen LogP contribution in [0.1, 0.15) is 35.7 Å². The number of nitrogens with two attached hydrogens (primary N) is 1. The number of likely N-dealkylation sites (tertiary alicyclic amines) is 1. The van der Waals surface area contributed by atoms with Gasteiger partial charge in [-0.3, -0.25) is 9.69 Å². The number of aromatic amines is 1. The monoisotopic (exact) mass is 352 g/mol. The molecule has 136 valence electrons. The number of nitrogens with zero attached hydrogens (tertiary/aromatic N) is 4. The standard InChI is InChI=1S/C19H24N6O/c1-13-2-3-14-9-15(19(26)21-18(14)8-13)11-24-6-4-17(5-7-24)25-12-16(10-20)22-23-25/h2-3,8-9,12,17H,4-7,10-11,20H2,1H3,(H,21,26). The summed E-state index contributed by atoms with van der Waals surface area (Å²) in [5, 5.41) is 9.34. The number of fused-ring (bicyclic) bond motifs is 1. The average Bonchev–Trinajstić information content (AvgIpc) is 3.12. The minimum absolute atomic E-state index is 0.00841. The van der Waals surface area contributed by atoms with Gasteiger partial charge in [0.1, 0.15) is 0 Å². The van der Waals surface area contributed by atoms with Gasteiger partial charge in [0.05, 0.1) is 17.9 Å². The Kier molecular flexibility index (Phi) is 4.57. The van der Waals surface area contributed by atoms with Crippen LogP contribution in [0.25, 0.3) is 10.9 Å². The molecule has 0 saturated carbocycles. The highest BCUT2D eigenvalue weighted by atomic mass is 16.1. The number of aromatic nitrogens is 4. The molecular formula is C19H24N6O. The van der Waals surface area contributed by atoms with Gasteiger partial charge in [-0.05, 0) is 42.8 Å². The average molecular weight is 352 g/mol. The van der Waals surface area contributed by atoms with Gasteiger partial charge in [-0.25, -0.2) is 4.68 Å². The number of H-pyrrole nitrogens is 1. The first-order chi connectivity index (χ1) is 12.6. The van der Waals surface area contributed by atoms with Crippen molar-refractivity contribution in [1.29, 1.82) is 0 Å². The molecule has 1 aromatic carbocycles. The van der Waals surface area contributed by atoms with E-state index in [4.69, 9.17) is 5.73 Å². The van der Waals surface area contributed by atoms with Crippen LogP contribution in [-0.2, 0) is 13.1 Å². The van der Waals surface area contributed by atoms with E-state index in [1.165, 1.54) is 0 Å². The fraction of sp³-hybridized carbons (Fsp3) is 0.421. The molecule has 1 aliphatic heterocycles. The van der Waals surface area contributed by atoms with Crippen LogP contribution in [0.15, 0.2) is 35.3 Å². The highest BCUT2D eigenvalue weighted by molar-refractivity contribution is 5.79. The van der Waals surface area contributed by atoms with Crippen LogP contribution in [0.4, 0.5) is 0 Å². The summed E-state index contributed by atoms with van der Waals surface area (Å²) in [6.45, 7) is 5.00. The molecule has 0 spiro atoms. The molecule has 1 fully saturated rings. The molecule has 3 N–H and O–H groups in total. The normalized spacial score (nSPS) is 16.4. The Balaban J connectivity index is 1.44. The summed E-state index contributed by atoms with van der Waals surface area (Å²) in [6.07, 6.45) is 3.94. The fourth-order valence-corrected chi connectivity index (χ4v) is 3.65. The second kappa shape index (κ2) is 7.01. The van der Waals surface area contributed by atoms with Gasteiger partial charge in [0.25, 0.3) is 5.56 Å². The Hall–Kier alpha value is -2.51. The summed E-state index contributed by atoms with van der Waals surface area (Å²) in [4.78, 5) is 17.8. The van der Waals surface area contributed by atoms with Crippen molar-refractivity contribution in [2.75, 3.05) is 13.1 Å². The van der Waals surface area contributed by atoms with Crippen LogP contribution in [-0.4, -0.2) is 38.0 Å². The Bertz CT molecular complexity index is 968. The topological polar surface area (TPSA) is 92.8 Å². The molecule has 1 aliphatic rings. The van der Waals surface area contributed by atoms with Crippen LogP contribution >= 0.6 is 0 Å². The smallest absolute Gasteiger partial charge is 0.252 e. The predicted molar refractivity (Wildman–Crippen MR) is 101 cm³/mol. The number of rotatable bonds is 4. The van der Waals surface area contributed by atoms with Gasteiger partial charge >= 0.3 is 0 Å². The molecule has 0 atom stereocenters. The first-order valence-electron chi connectivity index (χ1n) is 9.08. The van der Waals surface area contributed by atoms with Crippen LogP contribution in [0.3, 0.4) is 0 Å². The number of piperidine rings is 1. The van der Waals surface area contributed by atoms with E-state index >= 15 is 0 Å². The summed E-state index contributed by atoms with van der Waals surface area (Å²) in [6, 6.07) is 8.53. The molecule has 7 heteroatoms. The summed E-state index contributed by atoms with van der Waals surface area (Å²) in [5.74, 6) is 0. The maximum absolute atomic E-state index is 12.4. The molecule has 0 radical (unpaired) electrons. The third-order valence-corrected chi connectivity index (χ3v) is 5.17. The van der Waals surface area contributed by atoms with Crippen molar-refractivity contribution in [2.24, 2.45) is 5.73 Å². The number of nitrogens with one attached hydrogen (secondary N) is 1. The maximum atomic E-state index is 12.4. The highest BCUT2D eigenvalue weighted by Gasteiger charge is 2.22. The zero-order valence-electron chi connectivity index (χ0n) is 15.0. The largest absolute Gasteiger partial charge is 0.325 e. The van der Waals surface area contributed by atoms with E-state index in [1.54, 1.807) is 0 Å². The van der Waals surface area contributed by atoms with Gasteiger partial charge in [-0.1, -0.05) is 17.3 Å². The second-order valence-corrected chi connectivity index (χ2v) is 7.12. The maximum Gasteiger partial charge on any atom is 0.252 e. The quantitative estimate of drug-likeness (QED) is 0.746. The Morgan fingerprint density at radius 2 is 2.08 bits per heavy atom. The van der Waals surface area contributed by atoms with E-state index in [0.29, 0.717) is 19.1 Å². The summed E-state index contributed by atoms with van der Waals surface area (Å²) in [7, 11) is 0. The highest BCUT2D eigenvalue weighted by Crippen LogP contribution is 2.23. The Labute approximate surface area is 151 Å². The van der Waals surface area contributed by atoms with Gasteiger partial charge in [0.2, 0.25) is 0 Å². The second-order valence-electron chi connectivity index (χ2n) is 7.12. The van der Waals surface area contributed by atoms with Crippen molar-refractivity contribution in [3.63, 3.8) is 0 Å². The number of pyridine rings is 1. The predicted octanol–water partition coefficient (Wildman–Crippen LogP) is 1.72. The van der Waals surface area contributed by atoms with Gasteiger partial charge in [-0.2, -0.15) is 0 Å². The van der Waals surface area contributed by atoms with E-state index in [2.05, 4.69) is 32.3 Å². The molecule has 0 bridgehead atoms. The summed E-state index contributed by atoms with van der Waals surface area (Å²) < 4.78 is 1.94. The molecule has 2 aromatic heterocycles.